The number of hydrogen-bond donors (Lipinski definition) is 1. The molecule has 2 aliphatic carbocycles. The molecule has 2 aromatic carbocycles. The van der Waals surface area contributed by atoms with E-state index in [2.05, 4.69) is 33.0 Å². The number of alkyl halides is 1. The highest BCUT2D eigenvalue weighted by atomic mass is 32.2. The summed E-state index contributed by atoms with van der Waals surface area (Å²) in [6.45, 7) is 3.03. The molecule has 3 heterocycles. The van der Waals surface area contributed by atoms with Gasteiger partial charge < -0.3 is 33.3 Å². The largest absolute Gasteiger partial charge is 0.495 e. The number of methoxy groups -OCH3 is 2. The zero-order valence-electron chi connectivity index (χ0n) is 22.5. The summed E-state index contributed by atoms with van der Waals surface area (Å²) in [6, 6.07) is 9.91. The Bertz CT molecular complexity index is 1440. The number of hydrogen-bond acceptors (Lipinski definition) is 9. The van der Waals surface area contributed by atoms with Gasteiger partial charge in [-0.05, 0) is 61.0 Å². The van der Waals surface area contributed by atoms with Gasteiger partial charge in [-0.25, -0.2) is 4.39 Å². The van der Waals surface area contributed by atoms with Gasteiger partial charge in [0.1, 0.15) is 22.6 Å². The Morgan fingerprint density at radius 2 is 1.85 bits per heavy atom. The molecule has 3 fully saturated rings. The van der Waals surface area contributed by atoms with Crippen molar-refractivity contribution in [3.63, 3.8) is 0 Å². The molecule has 1 N–H and O–H groups in total. The Morgan fingerprint density at radius 3 is 2.50 bits per heavy atom. The van der Waals surface area contributed by atoms with Gasteiger partial charge in [-0.1, -0.05) is 11.2 Å². The number of morpholine rings is 1. The van der Waals surface area contributed by atoms with E-state index in [1.165, 1.54) is 17.5 Å². The molecule has 3 aromatic rings. The quantitative estimate of drug-likeness (QED) is 0.409. The van der Waals surface area contributed by atoms with E-state index in [9.17, 15) is 9.18 Å². The summed E-state index contributed by atoms with van der Waals surface area (Å²) in [6.07, 6.45) is 2.32. The molecule has 4 aliphatic rings. The zero-order valence-corrected chi connectivity index (χ0v) is 23.3. The predicted octanol–water partition coefficient (Wildman–Crippen LogP) is 4.70. The molecule has 0 atom stereocenters. The van der Waals surface area contributed by atoms with Crippen LogP contribution in [0.15, 0.2) is 39.8 Å². The third-order valence-corrected chi connectivity index (χ3v) is 9.34. The lowest BCUT2D eigenvalue weighted by Gasteiger charge is -2.37. The maximum atomic E-state index is 13.5. The average molecular weight is 567 g/mol. The van der Waals surface area contributed by atoms with Crippen molar-refractivity contribution in [1.82, 2.24) is 10.1 Å². The Morgan fingerprint density at radius 1 is 1.12 bits per heavy atom. The second-order valence-corrected chi connectivity index (χ2v) is 11.7. The highest BCUT2D eigenvalue weighted by Gasteiger charge is 2.50. The molecular weight excluding hydrogens is 535 g/mol. The number of carbonyl (C=O) groups is 1. The van der Waals surface area contributed by atoms with Gasteiger partial charge in [0.25, 0.3) is 5.91 Å². The molecule has 1 amide bonds. The van der Waals surface area contributed by atoms with Crippen LogP contribution < -0.4 is 19.1 Å². The second-order valence-electron chi connectivity index (χ2n) is 10.8. The summed E-state index contributed by atoms with van der Waals surface area (Å²) in [5.41, 5.74) is 4.99. The smallest absolute Gasteiger partial charge is 0.254 e. The number of rotatable bonds is 7. The third kappa shape index (κ3) is 4.26. The monoisotopic (exact) mass is 566 g/mol. The Labute approximate surface area is 236 Å². The predicted molar refractivity (Wildman–Crippen MR) is 149 cm³/mol. The molecule has 0 radical (unpaired) electrons. The second kappa shape index (κ2) is 9.88. The van der Waals surface area contributed by atoms with Gasteiger partial charge in [-0.2, -0.15) is 0 Å². The Kier molecular flexibility index (Phi) is 6.31. The number of nitrogens with one attached hydrogen (secondary N) is 1. The van der Waals surface area contributed by atoms with Crippen molar-refractivity contribution < 1.29 is 27.9 Å². The molecule has 210 valence electrons. The van der Waals surface area contributed by atoms with Gasteiger partial charge in [0.2, 0.25) is 0 Å². The molecule has 0 bridgehead atoms. The van der Waals surface area contributed by atoms with Crippen LogP contribution in [0.3, 0.4) is 0 Å². The molecule has 40 heavy (non-hydrogen) atoms. The van der Waals surface area contributed by atoms with Crippen LogP contribution in [0.5, 0.6) is 11.5 Å². The lowest BCUT2D eigenvalue weighted by molar-refractivity contribution is 0.0302. The van der Waals surface area contributed by atoms with Crippen LogP contribution >= 0.6 is 11.9 Å². The Balaban J connectivity index is 1.16. The highest BCUT2D eigenvalue weighted by Crippen LogP contribution is 2.59. The zero-order chi connectivity index (χ0) is 27.4. The van der Waals surface area contributed by atoms with Gasteiger partial charge in [0.15, 0.2) is 11.6 Å². The minimum Gasteiger partial charge on any atom is -0.495 e. The van der Waals surface area contributed by atoms with Crippen LogP contribution in [0.2, 0.25) is 0 Å². The van der Waals surface area contributed by atoms with E-state index in [0.29, 0.717) is 67.2 Å². The molecule has 0 unspecified atom stereocenters. The summed E-state index contributed by atoms with van der Waals surface area (Å²) in [7, 11) is 3.16. The van der Waals surface area contributed by atoms with Crippen LogP contribution in [0, 0.1) is 0 Å². The standard InChI is InChI=1S/C29H31FN4O5S/c1-36-23-11-17(28(35)33-7-9-38-10-8-33)12-24(37-2)26(23)40-32-27-21-14-29(5-6-29)22-4-3-19(34-15-18(30)16-34)13-20(22)25(21)39-31-27/h3-4,11-13,18H,5-10,14-16H2,1-2H3,(H,31,32). The van der Waals surface area contributed by atoms with Gasteiger partial charge in [0, 0.05) is 40.9 Å². The van der Waals surface area contributed by atoms with Crippen molar-refractivity contribution in [2.45, 2.75) is 35.7 Å². The number of nitrogens with zero attached hydrogens (tertiary/aromatic N) is 3. The van der Waals surface area contributed by atoms with Crippen LogP contribution in [0.25, 0.3) is 11.3 Å². The number of amides is 1. The van der Waals surface area contributed by atoms with Gasteiger partial charge in [0.05, 0.1) is 40.5 Å². The minimum absolute atomic E-state index is 0.0805. The van der Waals surface area contributed by atoms with Crippen molar-refractivity contribution in [3.05, 3.63) is 47.0 Å². The molecule has 7 rings (SSSR count). The van der Waals surface area contributed by atoms with E-state index >= 15 is 0 Å². The molecule has 2 aliphatic heterocycles. The van der Waals surface area contributed by atoms with E-state index in [1.54, 1.807) is 31.3 Å². The van der Waals surface area contributed by atoms with Crippen LogP contribution in [0.4, 0.5) is 15.9 Å². The van der Waals surface area contributed by atoms with E-state index < -0.39 is 6.17 Å². The number of benzene rings is 2. The number of ether oxygens (including phenoxy) is 3. The van der Waals surface area contributed by atoms with Crippen molar-refractivity contribution in [2.75, 3.05) is 63.2 Å². The maximum absolute atomic E-state index is 13.5. The fraction of sp³-hybridized carbons (Fsp3) is 0.448. The highest BCUT2D eigenvalue weighted by molar-refractivity contribution is 8.00. The first-order valence-corrected chi connectivity index (χ1v) is 14.4. The number of halogens is 1. The van der Waals surface area contributed by atoms with Crippen molar-refractivity contribution >= 4 is 29.4 Å². The van der Waals surface area contributed by atoms with Crippen LogP contribution in [-0.4, -0.2) is 75.7 Å². The van der Waals surface area contributed by atoms with Crippen LogP contribution in [0.1, 0.15) is 34.3 Å². The third-order valence-electron chi connectivity index (χ3n) is 8.43. The number of fused-ring (bicyclic) bond motifs is 4. The van der Waals surface area contributed by atoms with Crippen LogP contribution in [-0.2, 0) is 16.6 Å². The van der Waals surface area contributed by atoms with Gasteiger partial charge in [-0.3, -0.25) is 4.79 Å². The molecule has 2 saturated heterocycles. The molecule has 11 heteroatoms. The molecule has 1 aromatic heterocycles. The summed E-state index contributed by atoms with van der Waals surface area (Å²) in [4.78, 5) is 17.7. The SMILES string of the molecule is COc1cc(C(=O)N2CCOCC2)cc(OC)c1SNc1noc2c1CC1(CC1)c1ccc(N3CC(F)C3)cc1-2. The molecule has 1 saturated carbocycles. The summed E-state index contributed by atoms with van der Waals surface area (Å²) in [5.74, 6) is 2.40. The maximum Gasteiger partial charge on any atom is 0.254 e. The summed E-state index contributed by atoms with van der Waals surface area (Å²) < 4.78 is 39.6. The first kappa shape index (κ1) is 25.5. The first-order chi connectivity index (χ1) is 19.5. The van der Waals surface area contributed by atoms with Crippen molar-refractivity contribution in [1.29, 1.82) is 0 Å². The molecule has 9 nitrogen and oxygen atoms in total. The summed E-state index contributed by atoms with van der Waals surface area (Å²) in [5, 5.41) is 4.41. The van der Waals surface area contributed by atoms with E-state index in [-0.39, 0.29) is 11.3 Å². The lowest BCUT2D eigenvalue weighted by atomic mass is 9.79. The molecule has 1 spiro atoms. The number of carbonyl (C=O) groups excluding carboxylic acids is 1. The van der Waals surface area contributed by atoms with E-state index in [1.807, 2.05) is 0 Å². The minimum atomic E-state index is -0.764. The topological polar surface area (TPSA) is 89.3 Å². The fourth-order valence-electron chi connectivity index (χ4n) is 5.96. The molecular formula is C29H31FN4O5S. The first-order valence-electron chi connectivity index (χ1n) is 13.6. The van der Waals surface area contributed by atoms with Crippen molar-refractivity contribution in [3.8, 4) is 22.8 Å². The lowest BCUT2D eigenvalue weighted by Crippen LogP contribution is -2.48. The van der Waals surface area contributed by atoms with Gasteiger partial charge >= 0.3 is 0 Å². The van der Waals surface area contributed by atoms with Crippen molar-refractivity contribution in [2.24, 2.45) is 0 Å². The summed E-state index contributed by atoms with van der Waals surface area (Å²) >= 11 is 1.31. The van der Waals surface area contributed by atoms with E-state index in [4.69, 9.17) is 18.7 Å². The van der Waals surface area contributed by atoms with Gasteiger partial charge in [-0.15, -0.1) is 0 Å². The average Bonchev–Trinajstić information content (AvgIpc) is 3.63. The van der Waals surface area contributed by atoms with E-state index in [0.717, 1.165) is 41.8 Å². The number of aromatic nitrogens is 1. The number of anilines is 2. The normalized spacial score (nSPS) is 19.1. The Hall–Kier alpha value is -3.44. The fourth-order valence-corrected chi connectivity index (χ4v) is 6.81.